The van der Waals surface area contributed by atoms with Gasteiger partial charge in [-0.2, -0.15) is 10.5 Å². The molecule has 0 amide bonds. The molecule has 0 spiro atoms. The van der Waals surface area contributed by atoms with Gasteiger partial charge in [-0.05, 0) is 18.2 Å². The zero-order valence-electron chi connectivity index (χ0n) is 12.5. The van der Waals surface area contributed by atoms with Crippen LogP contribution in [0.3, 0.4) is 0 Å². The van der Waals surface area contributed by atoms with Crippen LogP contribution >= 0.6 is 23.2 Å². The summed E-state index contributed by atoms with van der Waals surface area (Å²) in [6.07, 6.45) is 1.10. The molecule has 9 nitrogen and oxygen atoms in total. The molecule has 0 bridgehead atoms. The number of nitrogens with one attached hydrogen (secondary N) is 1. The Labute approximate surface area is 152 Å². The van der Waals surface area contributed by atoms with Gasteiger partial charge in [0.15, 0.2) is 0 Å². The summed E-state index contributed by atoms with van der Waals surface area (Å²) in [7, 11) is 0. The maximum absolute atomic E-state index is 11.5. The lowest BCUT2D eigenvalue weighted by Crippen LogP contribution is -2.26. The summed E-state index contributed by atoms with van der Waals surface area (Å²) in [4.78, 5) is 19.7. The Kier molecular flexibility index (Phi) is 5.90. The van der Waals surface area contributed by atoms with Gasteiger partial charge in [-0.3, -0.25) is 10.1 Å². The molecule has 1 N–H and O–H groups in total. The van der Waals surface area contributed by atoms with E-state index in [1.165, 1.54) is 23.1 Å². The van der Waals surface area contributed by atoms with E-state index in [4.69, 9.17) is 33.7 Å². The van der Waals surface area contributed by atoms with Crippen molar-refractivity contribution in [1.82, 2.24) is 9.97 Å². The number of aromatic nitrogens is 2. The van der Waals surface area contributed by atoms with Crippen molar-refractivity contribution in [1.29, 1.82) is 10.5 Å². The first-order valence-electron chi connectivity index (χ1n) is 6.67. The van der Waals surface area contributed by atoms with Gasteiger partial charge in [0.1, 0.15) is 19.4 Å². The van der Waals surface area contributed by atoms with Crippen molar-refractivity contribution in [3.8, 4) is 12.1 Å². The van der Waals surface area contributed by atoms with Crippen molar-refractivity contribution >= 4 is 46.2 Å². The minimum absolute atomic E-state index is 0.116. The third-order valence-electron chi connectivity index (χ3n) is 2.93. The summed E-state index contributed by atoms with van der Waals surface area (Å²) < 4.78 is 0. The van der Waals surface area contributed by atoms with Crippen molar-refractivity contribution in [3.63, 3.8) is 0 Å². The lowest BCUT2D eigenvalue weighted by Gasteiger charge is -2.17. The molecule has 0 aliphatic rings. The van der Waals surface area contributed by atoms with E-state index < -0.39 is 10.6 Å². The predicted octanol–water partition coefficient (Wildman–Crippen LogP) is 3.29. The van der Waals surface area contributed by atoms with Crippen LogP contribution in [0.2, 0.25) is 10.0 Å². The van der Waals surface area contributed by atoms with Gasteiger partial charge in [0.05, 0.1) is 17.1 Å². The lowest BCUT2D eigenvalue weighted by molar-refractivity contribution is -0.383. The van der Waals surface area contributed by atoms with Gasteiger partial charge in [-0.25, -0.2) is 9.97 Å². The molecule has 0 aliphatic carbocycles. The molecule has 0 fully saturated rings. The summed E-state index contributed by atoms with van der Waals surface area (Å²) in [6.45, 7) is -0.484. The van der Waals surface area contributed by atoms with Crippen LogP contribution in [0, 0.1) is 32.8 Å². The quantitative estimate of drug-likeness (QED) is 0.460. The number of nitrogens with zero attached hydrogens (tertiary/aromatic N) is 6. The molecule has 11 heteroatoms. The molecule has 1 aromatic heterocycles. The fourth-order valence-electron chi connectivity index (χ4n) is 2.00. The van der Waals surface area contributed by atoms with Crippen molar-refractivity contribution < 1.29 is 4.92 Å². The van der Waals surface area contributed by atoms with Crippen LogP contribution in [-0.2, 0) is 0 Å². The van der Waals surface area contributed by atoms with E-state index >= 15 is 0 Å². The first-order valence-corrected chi connectivity index (χ1v) is 7.43. The van der Waals surface area contributed by atoms with Gasteiger partial charge < -0.3 is 10.2 Å². The van der Waals surface area contributed by atoms with Gasteiger partial charge in [0.25, 0.3) is 0 Å². The smallest absolute Gasteiger partial charge is 0.334 e. The molecule has 0 unspecified atom stereocenters. The Morgan fingerprint density at radius 2 is 1.76 bits per heavy atom. The Morgan fingerprint density at radius 3 is 2.28 bits per heavy atom. The molecule has 2 aromatic rings. The van der Waals surface area contributed by atoms with E-state index in [1.807, 2.05) is 12.1 Å². The second kappa shape index (κ2) is 8.11. The number of nitriles is 2. The molecule has 126 valence electrons. The van der Waals surface area contributed by atoms with Crippen molar-refractivity contribution in [2.75, 3.05) is 23.3 Å². The third kappa shape index (κ3) is 4.44. The molecule has 1 aromatic carbocycles. The monoisotopic (exact) mass is 377 g/mol. The predicted molar refractivity (Wildman–Crippen MR) is 91.9 cm³/mol. The van der Waals surface area contributed by atoms with Crippen LogP contribution in [0.4, 0.5) is 23.0 Å². The Morgan fingerprint density at radius 1 is 1.16 bits per heavy atom. The van der Waals surface area contributed by atoms with Crippen LogP contribution in [-0.4, -0.2) is 28.0 Å². The molecule has 2 rings (SSSR count). The fourth-order valence-corrected chi connectivity index (χ4v) is 2.53. The summed E-state index contributed by atoms with van der Waals surface area (Å²) in [5, 5.41) is 32.7. The average molecular weight is 378 g/mol. The summed E-state index contributed by atoms with van der Waals surface area (Å²) in [5.74, 6) is -0.257. The lowest BCUT2D eigenvalue weighted by atomic mass is 10.3. The number of halogens is 2. The molecule has 25 heavy (non-hydrogen) atoms. The number of hydrogen-bond donors (Lipinski definition) is 1. The van der Waals surface area contributed by atoms with E-state index in [1.54, 1.807) is 0 Å². The number of anilines is 3. The van der Waals surface area contributed by atoms with Crippen molar-refractivity contribution in [3.05, 3.63) is 44.7 Å². The minimum Gasteiger partial charge on any atom is -0.334 e. The molecule has 1 heterocycles. The largest absolute Gasteiger partial charge is 0.353 e. The highest BCUT2D eigenvalue weighted by Crippen LogP contribution is 2.34. The van der Waals surface area contributed by atoms with Gasteiger partial charge in [-0.15, -0.1) is 0 Å². The number of benzene rings is 1. The number of nitro groups is 1. The van der Waals surface area contributed by atoms with E-state index in [9.17, 15) is 10.1 Å². The Hall–Kier alpha value is -3.14. The minimum atomic E-state index is -0.689. The number of rotatable bonds is 6. The first kappa shape index (κ1) is 18.2. The van der Waals surface area contributed by atoms with Crippen LogP contribution < -0.4 is 10.2 Å². The molecular formula is C14H9Cl2N7O2. The maximum Gasteiger partial charge on any atom is 0.353 e. The normalized spacial score (nSPS) is 9.76. The first-order chi connectivity index (χ1) is 12.0. The second-order valence-electron chi connectivity index (χ2n) is 4.61. The molecule has 0 saturated carbocycles. The van der Waals surface area contributed by atoms with Crippen molar-refractivity contribution in [2.45, 2.75) is 0 Å². The van der Waals surface area contributed by atoms with E-state index in [-0.39, 0.29) is 24.7 Å². The van der Waals surface area contributed by atoms with Gasteiger partial charge >= 0.3 is 5.69 Å². The molecule has 0 saturated heterocycles. The van der Waals surface area contributed by atoms with E-state index in [0.717, 1.165) is 6.33 Å². The summed E-state index contributed by atoms with van der Waals surface area (Å²) in [5.41, 5.74) is -0.0820. The highest BCUT2D eigenvalue weighted by molar-refractivity contribution is 6.35. The third-order valence-corrected chi connectivity index (χ3v) is 3.37. The molecule has 0 atom stereocenters. The molecular weight excluding hydrogens is 369 g/mol. The molecule has 0 aliphatic heterocycles. The van der Waals surface area contributed by atoms with Gasteiger partial charge in [0.2, 0.25) is 11.6 Å². The van der Waals surface area contributed by atoms with Crippen LogP contribution in [0.15, 0.2) is 24.5 Å². The van der Waals surface area contributed by atoms with Crippen LogP contribution in [0.1, 0.15) is 0 Å². The van der Waals surface area contributed by atoms with Crippen LogP contribution in [0.5, 0.6) is 0 Å². The highest BCUT2D eigenvalue weighted by Gasteiger charge is 2.27. The maximum atomic E-state index is 11.5. The standard InChI is InChI=1S/C14H9Cl2N7O2/c15-9-5-10(16)7-11(6-9)21-13-12(23(24)25)14(20-8-19-13)22(3-1-17)4-2-18/h5-8H,3-4H2,(H,19,20,21). The average Bonchev–Trinajstić information content (AvgIpc) is 2.53. The highest BCUT2D eigenvalue weighted by atomic mass is 35.5. The van der Waals surface area contributed by atoms with E-state index in [0.29, 0.717) is 15.7 Å². The summed E-state index contributed by atoms with van der Waals surface area (Å²) >= 11 is 11.8. The van der Waals surface area contributed by atoms with Crippen LogP contribution in [0.25, 0.3) is 0 Å². The molecule has 0 radical (unpaired) electrons. The zero-order valence-corrected chi connectivity index (χ0v) is 14.0. The van der Waals surface area contributed by atoms with E-state index in [2.05, 4.69) is 15.3 Å². The number of hydrogen-bond acceptors (Lipinski definition) is 8. The van der Waals surface area contributed by atoms with Gasteiger partial charge in [0, 0.05) is 15.7 Å². The zero-order chi connectivity index (χ0) is 18.4. The Bertz CT molecular complexity index is 855. The SMILES string of the molecule is N#CCN(CC#N)c1ncnc(Nc2cc(Cl)cc(Cl)c2)c1[N+](=O)[O-]. The fraction of sp³-hybridized carbons (Fsp3) is 0.143. The summed E-state index contributed by atoms with van der Waals surface area (Å²) in [6, 6.07) is 8.22. The Balaban J connectivity index is 2.52. The second-order valence-corrected chi connectivity index (χ2v) is 5.48. The topological polar surface area (TPSA) is 132 Å². The van der Waals surface area contributed by atoms with Gasteiger partial charge in [-0.1, -0.05) is 23.2 Å². The van der Waals surface area contributed by atoms with Crippen molar-refractivity contribution in [2.24, 2.45) is 0 Å².